The maximum atomic E-state index is 6.06. The molecule has 0 aliphatic carbocycles. The molecule has 1 atom stereocenters. The molecule has 0 saturated heterocycles. The summed E-state index contributed by atoms with van der Waals surface area (Å²) in [5, 5.41) is 12.6. The summed E-state index contributed by atoms with van der Waals surface area (Å²) in [5.41, 5.74) is 3.54. The average molecular weight is 419 g/mol. The molecule has 9 nitrogen and oxygen atoms in total. The summed E-state index contributed by atoms with van der Waals surface area (Å²) in [6.45, 7) is 3.09. The van der Waals surface area contributed by atoms with Gasteiger partial charge in [0.05, 0.1) is 26.0 Å². The Hall–Kier alpha value is -3.72. The van der Waals surface area contributed by atoms with Crippen LogP contribution in [0.5, 0.6) is 11.5 Å². The number of methoxy groups -OCH3 is 1. The first-order valence-electron chi connectivity index (χ1n) is 9.90. The normalized spacial score (nSPS) is 15.5. The second-order valence-electron chi connectivity index (χ2n) is 7.26. The van der Waals surface area contributed by atoms with Gasteiger partial charge in [0.15, 0.2) is 12.3 Å². The molecule has 0 spiro atoms. The van der Waals surface area contributed by atoms with Crippen molar-refractivity contribution < 1.29 is 18.7 Å². The van der Waals surface area contributed by atoms with Crippen molar-refractivity contribution in [2.75, 3.05) is 7.11 Å². The summed E-state index contributed by atoms with van der Waals surface area (Å²) < 4.78 is 24.1. The predicted octanol–water partition coefficient (Wildman–Crippen LogP) is 3.50. The lowest BCUT2D eigenvalue weighted by molar-refractivity contribution is -0.00114. The van der Waals surface area contributed by atoms with Crippen LogP contribution in [0.25, 0.3) is 11.5 Å². The standard InChI is InChI=1S/C22H21N5O4/c1-14-4-3-5-17(10-14)29-13-20-23-22(25-31-20)21-18-12-30-19(11-27(18)26-24-21)15-6-8-16(28-2)9-7-15/h3-10,19H,11-13H2,1-2H3/t19-/m0/s1. The van der Waals surface area contributed by atoms with Gasteiger partial charge in [-0.1, -0.05) is 34.6 Å². The minimum Gasteiger partial charge on any atom is -0.497 e. The lowest BCUT2D eigenvalue weighted by Crippen LogP contribution is -2.22. The van der Waals surface area contributed by atoms with E-state index in [4.69, 9.17) is 18.7 Å². The molecule has 1 aliphatic rings. The van der Waals surface area contributed by atoms with E-state index in [0.717, 1.165) is 28.3 Å². The van der Waals surface area contributed by atoms with Crippen molar-refractivity contribution in [3.8, 4) is 23.0 Å². The molecule has 0 saturated carbocycles. The number of hydrogen-bond acceptors (Lipinski definition) is 8. The number of fused-ring (bicyclic) bond motifs is 1. The van der Waals surface area contributed by atoms with Gasteiger partial charge in [0.25, 0.3) is 5.89 Å². The van der Waals surface area contributed by atoms with E-state index in [9.17, 15) is 0 Å². The van der Waals surface area contributed by atoms with Crippen molar-refractivity contribution in [1.29, 1.82) is 0 Å². The first-order valence-corrected chi connectivity index (χ1v) is 9.90. The maximum absolute atomic E-state index is 6.06. The van der Waals surface area contributed by atoms with Gasteiger partial charge < -0.3 is 18.7 Å². The summed E-state index contributed by atoms with van der Waals surface area (Å²) >= 11 is 0. The average Bonchev–Trinajstić information content (AvgIpc) is 3.44. The summed E-state index contributed by atoms with van der Waals surface area (Å²) in [7, 11) is 1.65. The fourth-order valence-electron chi connectivity index (χ4n) is 3.47. The van der Waals surface area contributed by atoms with Crippen LogP contribution in [-0.2, 0) is 24.5 Å². The van der Waals surface area contributed by atoms with Gasteiger partial charge in [-0.05, 0) is 42.3 Å². The Morgan fingerprint density at radius 2 is 2.00 bits per heavy atom. The highest BCUT2D eigenvalue weighted by atomic mass is 16.5. The highest BCUT2D eigenvalue weighted by Crippen LogP contribution is 2.30. The Balaban J connectivity index is 1.28. The molecule has 3 heterocycles. The van der Waals surface area contributed by atoms with E-state index in [1.165, 1.54) is 0 Å². The van der Waals surface area contributed by atoms with Gasteiger partial charge in [-0.15, -0.1) is 5.10 Å². The molecule has 4 aromatic rings. The molecule has 158 valence electrons. The van der Waals surface area contributed by atoms with Crippen molar-refractivity contribution in [1.82, 2.24) is 25.1 Å². The van der Waals surface area contributed by atoms with Gasteiger partial charge in [0.2, 0.25) is 5.82 Å². The van der Waals surface area contributed by atoms with Gasteiger partial charge in [0.1, 0.15) is 17.6 Å². The van der Waals surface area contributed by atoms with E-state index in [1.807, 2.05) is 60.1 Å². The minimum absolute atomic E-state index is 0.114. The van der Waals surface area contributed by atoms with Crippen molar-refractivity contribution in [2.24, 2.45) is 0 Å². The quantitative estimate of drug-likeness (QED) is 0.468. The summed E-state index contributed by atoms with van der Waals surface area (Å²) in [6, 6.07) is 15.6. The van der Waals surface area contributed by atoms with Crippen LogP contribution < -0.4 is 9.47 Å². The van der Waals surface area contributed by atoms with Gasteiger partial charge >= 0.3 is 0 Å². The van der Waals surface area contributed by atoms with Crippen LogP contribution in [0.3, 0.4) is 0 Å². The van der Waals surface area contributed by atoms with Gasteiger partial charge in [0, 0.05) is 0 Å². The molecule has 9 heteroatoms. The Kier molecular flexibility index (Phi) is 5.09. The molecule has 0 unspecified atom stereocenters. The molecule has 1 aliphatic heterocycles. The molecule has 0 N–H and O–H groups in total. The Labute approximate surface area is 178 Å². The smallest absolute Gasteiger partial charge is 0.264 e. The molecule has 0 bridgehead atoms. The highest BCUT2D eigenvalue weighted by Gasteiger charge is 2.27. The fraction of sp³-hybridized carbons (Fsp3) is 0.273. The third-order valence-corrected chi connectivity index (χ3v) is 5.12. The van der Waals surface area contributed by atoms with Crippen LogP contribution in [0.1, 0.15) is 28.8 Å². The maximum Gasteiger partial charge on any atom is 0.264 e. The SMILES string of the molecule is COc1ccc([C@@H]2Cn3nnc(-c4noc(COc5cccc(C)c5)n4)c3CO2)cc1. The molecule has 2 aromatic heterocycles. The largest absolute Gasteiger partial charge is 0.497 e. The van der Waals surface area contributed by atoms with Crippen molar-refractivity contribution >= 4 is 0 Å². The number of aromatic nitrogens is 5. The molecule has 5 rings (SSSR count). The fourth-order valence-corrected chi connectivity index (χ4v) is 3.47. The Morgan fingerprint density at radius 1 is 1.13 bits per heavy atom. The zero-order valence-corrected chi connectivity index (χ0v) is 17.2. The number of ether oxygens (including phenoxy) is 3. The molecular weight excluding hydrogens is 398 g/mol. The first kappa shape index (κ1) is 19.3. The molecule has 2 aromatic carbocycles. The minimum atomic E-state index is -0.114. The number of nitrogens with zero attached hydrogens (tertiary/aromatic N) is 5. The van der Waals surface area contributed by atoms with Crippen molar-refractivity contribution in [3.63, 3.8) is 0 Å². The van der Waals surface area contributed by atoms with Gasteiger partial charge in [-0.25, -0.2) is 4.68 Å². The van der Waals surface area contributed by atoms with Crippen LogP contribution >= 0.6 is 0 Å². The van der Waals surface area contributed by atoms with E-state index in [1.54, 1.807) is 7.11 Å². The molecule has 31 heavy (non-hydrogen) atoms. The van der Waals surface area contributed by atoms with Crippen LogP contribution in [0, 0.1) is 6.92 Å². The van der Waals surface area contributed by atoms with Gasteiger partial charge in [-0.3, -0.25) is 0 Å². The van der Waals surface area contributed by atoms with E-state index < -0.39 is 0 Å². The van der Waals surface area contributed by atoms with E-state index in [2.05, 4.69) is 20.5 Å². The lowest BCUT2D eigenvalue weighted by atomic mass is 10.1. The predicted molar refractivity (Wildman–Crippen MR) is 109 cm³/mol. The molecular formula is C22H21N5O4. The van der Waals surface area contributed by atoms with E-state index in [0.29, 0.717) is 30.6 Å². The Morgan fingerprint density at radius 3 is 2.81 bits per heavy atom. The molecule has 0 amide bonds. The monoisotopic (exact) mass is 419 g/mol. The van der Waals surface area contributed by atoms with E-state index in [-0.39, 0.29) is 12.7 Å². The number of aryl methyl sites for hydroxylation is 1. The molecule has 0 radical (unpaired) electrons. The number of hydrogen-bond donors (Lipinski definition) is 0. The van der Waals surface area contributed by atoms with Crippen LogP contribution in [-0.4, -0.2) is 32.2 Å². The van der Waals surface area contributed by atoms with Crippen LogP contribution in [0.15, 0.2) is 53.1 Å². The summed E-state index contributed by atoms with van der Waals surface area (Å²) in [5.74, 6) is 2.29. The zero-order valence-electron chi connectivity index (χ0n) is 17.2. The third-order valence-electron chi connectivity index (χ3n) is 5.12. The summed E-state index contributed by atoms with van der Waals surface area (Å²) in [4.78, 5) is 4.41. The van der Waals surface area contributed by atoms with Crippen molar-refractivity contribution in [3.05, 3.63) is 71.2 Å². The second kappa shape index (κ2) is 8.19. The molecule has 0 fully saturated rings. The summed E-state index contributed by atoms with van der Waals surface area (Å²) in [6.07, 6.45) is -0.114. The second-order valence-corrected chi connectivity index (χ2v) is 7.26. The topological polar surface area (TPSA) is 97.3 Å². The zero-order chi connectivity index (χ0) is 21.2. The number of rotatable bonds is 6. The first-order chi connectivity index (χ1) is 15.2. The van der Waals surface area contributed by atoms with Gasteiger partial charge in [-0.2, -0.15) is 4.98 Å². The number of benzene rings is 2. The third kappa shape index (κ3) is 3.99. The van der Waals surface area contributed by atoms with E-state index >= 15 is 0 Å². The lowest BCUT2D eigenvalue weighted by Gasteiger charge is -2.24. The van der Waals surface area contributed by atoms with Crippen molar-refractivity contribution in [2.45, 2.75) is 32.8 Å². The van der Waals surface area contributed by atoms with Crippen LogP contribution in [0.4, 0.5) is 0 Å². The van der Waals surface area contributed by atoms with Crippen LogP contribution in [0.2, 0.25) is 0 Å². The Bertz CT molecular complexity index is 1180. The highest BCUT2D eigenvalue weighted by molar-refractivity contribution is 5.51.